The van der Waals surface area contributed by atoms with Crippen LogP contribution in [0.5, 0.6) is 0 Å². The molecule has 2 N–H and O–H groups in total. The first-order valence-electron chi connectivity index (χ1n) is 6.69. The van der Waals surface area contributed by atoms with Gasteiger partial charge in [-0.15, -0.1) is 0 Å². The van der Waals surface area contributed by atoms with Gasteiger partial charge in [-0.05, 0) is 24.0 Å². The van der Waals surface area contributed by atoms with Crippen molar-refractivity contribution < 1.29 is 4.39 Å². The fraction of sp³-hybridized carbons (Fsp3) is 0.533. The van der Waals surface area contributed by atoms with Crippen LogP contribution in [0.3, 0.4) is 0 Å². The largest absolute Gasteiger partial charge is 0.356 e. The lowest BCUT2D eigenvalue weighted by Crippen LogP contribution is -2.44. The number of nitrogens with zero attached hydrogens (tertiary/aromatic N) is 1. The van der Waals surface area contributed by atoms with E-state index in [1.54, 1.807) is 18.8 Å². The van der Waals surface area contributed by atoms with Crippen molar-refractivity contribution in [2.45, 2.75) is 19.3 Å². The van der Waals surface area contributed by atoms with E-state index in [4.69, 9.17) is 0 Å². The molecule has 0 aromatic heterocycles. The smallest absolute Gasteiger partial charge is 0.191 e. The van der Waals surface area contributed by atoms with Crippen molar-refractivity contribution in [3.63, 3.8) is 0 Å². The summed E-state index contributed by atoms with van der Waals surface area (Å²) in [7, 11) is 1.76. The molecule has 0 saturated carbocycles. The first-order valence-corrected chi connectivity index (χ1v) is 8.08. The molecule has 0 heterocycles. The maximum Gasteiger partial charge on any atom is 0.191 e. The minimum atomic E-state index is -0.202. The molecule has 0 radical (unpaired) electrons. The molecule has 0 atom stereocenters. The van der Waals surface area contributed by atoms with Gasteiger partial charge in [0.1, 0.15) is 5.82 Å². The number of aliphatic imine (C=N–C) groups is 1. The van der Waals surface area contributed by atoms with Gasteiger partial charge >= 0.3 is 0 Å². The van der Waals surface area contributed by atoms with Crippen LogP contribution in [0, 0.1) is 5.82 Å². The zero-order chi connectivity index (χ0) is 15.0. The van der Waals surface area contributed by atoms with E-state index in [1.807, 2.05) is 12.1 Å². The highest BCUT2D eigenvalue weighted by molar-refractivity contribution is 7.98. The summed E-state index contributed by atoms with van der Waals surface area (Å²) in [6.45, 7) is 5.88. The number of thioether (sulfide) groups is 1. The topological polar surface area (TPSA) is 36.4 Å². The molecule has 1 aromatic rings. The summed E-state index contributed by atoms with van der Waals surface area (Å²) in [5, 5.41) is 6.58. The third kappa shape index (κ3) is 5.41. The van der Waals surface area contributed by atoms with E-state index in [2.05, 4.69) is 35.7 Å². The Morgan fingerprint density at radius 1 is 1.25 bits per heavy atom. The molecule has 3 nitrogen and oxygen atoms in total. The van der Waals surface area contributed by atoms with Crippen LogP contribution in [0.1, 0.15) is 19.4 Å². The van der Waals surface area contributed by atoms with Crippen molar-refractivity contribution in [1.29, 1.82) is 0 Å². The number of rotatable bonds is 6. The average Bonchev–Trinajstić information content (AvgIpc) is 2.43. The molecule has 1 aromatic carbocycles. The molecule has 0 unspecified atom stereocenters. The van der Waals surface area contributed by atoms with E-state index in [1.165, 1.54) is 12.1 Å². The molecule has 0 amide bonds. The lowest BCUT2D eigenvalue weighted by atomic mass is 9.84. The monoisotopic (exact) mass is 297 g/mol. The van der Waals surface area contributed by atoms with E-state index in [9.17, 15) is 4.39 Å². The normalized spacial score (nSPS) is 12.3. The van der Waals surface area contributed by atoms with Crippen molar-refractivity contribution in [2.75, 3.05) is 32.1 Å². The summed E-state index contributed by atoms with van der Waals surface area (Å²) in [4.78, 5) is 4.20. The van der Waals surface area contributed by atoms with Crippen LogP contribution < -0.4 is 10.6 Å². The molecule has 0 spiro atoms. The molecule has 0 bridgehead atoms. The highest BCUT2D eigenvalue weighted by Gasteiger charge is 2.20. The van der Waals surface area contributed by atoms with Crippen LogP contribution in [0.2, 0.25) is 0 Å². The zero-order valence-electron chi connectivity index (χ0n) is 12.7. The predicted octanol–water partition coefficient (Wildman–Crippen LogP) is 2.63. The fourth-order valence-electron chi connectivity index (χ4n) is 1.80. The Balaban J connectivity index is 2.55. The van der Waals surface area contributed by atoms with Gasteiger partial charge in [0, 0.05) is 31.3 Å². The summed E-state index contributed by atoms with van der Waals surface area (Å²) < 4.78 is 13.0. The second-order valence-corrected chi connectivity index (χ2v) is 6.22. The van der Waals surface area contributed by atoms with Gasteiger partial charge in [0.05, 0.1) is 0 Å². The summed E-state index contributed by atoms with van der Waals surface area (Å²) in [5.41, 5.74) is 1.01. The molecule has 0 fully saturated rings. The third-order valence-corrected chi connectivity index (χ3v) is 3.76. The molecular formula is C15H24FN3S. The lowest BCUT2D eigenvalue weighted by molar-refractivity contribution is 0.507. The fourth-order valence-corrected chi connectivity index (χ4v) is 2.11. The minimum absolute atomic E-state index is 0.0924. The van der Waals surface area contributed by atoms with E-state index < -0.39 is 0 Å². The van der Waals surface area contributed by atoms with Gasteiger partial charge in [-0.3, -0.25) is 4.99 Å². The quantitative estimate of drug-likeness (QED) is 0.481. The maximum atomic E-state index is 13.0. The van der Waals surface area contributed by atoms with Crippen molar-refractivity contribution in [1.82, 2.24) is 10.6 Å². The molecule has 0 aliphatic heterocycles. The van der Waals surface area contributed by atoms with E-state index in [0.29, 0.717) is 0 Å². The molecule has 0 saturated heterocycles. The SMILES string of the molecule is CN=C(NCCSC)NCC(C)(C)c1ccc(F)cc1. The van der Waals surface area contributed by atoms with Crippen LogP contribution in [-0.4, -0.2) is 38.1 Å². The van der Waals surface area contributed by atoms with Crippen LogP contribution in [0.4, 0.5) is 4.39 Å². The Kier molecular flexibility index (Phi) is 6.85. The van der Waals surface area contributed by atoms with Gasteiger partial charge in [-0.1, -0.05) is 26.0 Å². The van der Waals surface area contributed by atoms with Gasteiger partial charge < -0.3 is 10.6 Å². The molecular weight excluding hydrogens is 273 g/mol. The predicted molar refractivity (Wildman–Crippen MR) is 87.2 cm³/mol. The van der Waals surface area contributed by atoms with Crippen LogP contribution in [0.25, 0.3) is 0 Å². The summed E-state index contributed by atoms with van der Waals surface area (Å²) in [5.74, 6) is 1.64. The second kappa shape index (κ2) is 8.15. The molecule has 20 heavy (non-hydrogen) atoms. The Morgan fingerprint density at radius 3 is 2.45 bits per heavy atom. The van der Waals surface area contributed by atoms with Crippen LogP contribution in [0.15, 0.2) is 29.3 Å². The molecule has 5 heteroatoms. The van der Waals surface area contributed by atoms with Gasteiger partial charge in [0.15, 0.2) is 5.96 Å². The third-order valence-electron chi connectivity index (χ3n) is 3.15. The standard InChI is InChI=1S/C15H24FN3S/c1-15(2,12-5-7-13(16)8-6-12)11-19-14(17-3)18-9-10-20-4/h5-8H,9-11H2,1-4H3,(H2,17,18,19). The lowest BCUT2D eigenvalue weighted by Gasteiger charge is -2.26. The average molecular weight is 297 g/mol. The Labute approximate surface area is 125 Å². The maximum absolute atomic E-state index is 13.0. The number of hydrogen-bond acceptors (Lipinski definition) is 2. The van der Waals surface area contributed by atoms with Crippen molar-refractivity contribution in [2.24, 2.45) is 4.99 Å². The van der Waals surface area contributed by atoms with E-state index >= 15 is 0 Å². The van der Waals surface area contributed by atoms with E-state index in [0.717, 1.165) is 30.4 Å². The highest BCUT2D eigenvalue weighted by Crippen LogP contribution is 2.22. The Bertz CT molecular complexity index is 429. The zero-order valence-corrected chi connectivity index (χ0v) is 13.5. The first-order chi connectivity index (χ1) is 9.49. The number of halogens is 1. The Morgan fingerprint density at radius 2 is 1.90 bits per heavy atom. The summed E-state index contributed by atoms with van der Waals surface area (Å²) in [6.07, 6.45) is 2.08. The molecule has 0 aliphatic rings. The summed E-state index contributed by atoms with van der Waals surface area (Å²) >= 11 is 1.80. The number of nitrogens with one attached hydrogen (secondary N) is 2. The van der Waals surface area contributed by atoms with Gasteiger partial charge in [0.2, 0.25) is 0 Å². The van der Waals surface area contributed by atoms with Crippen molar-refractivity contribution in [3.8, 4) is 0 Å². The molecule has 0 aliphatic carbocycles. The second-order valence-electron chi connectivity index (χ2n) is 5.24. The van der Waals surface area contributed by atoms with Crippen LogP contribution in [-0.2, 0) is 5.41 Å². The minimum Gasteiger partial charge on any atom is -0.356 e. The van der Waals surface area contributed by atoms with Crippen molar-refractivity contribution >= 4 is 17.7 Å². The van der Waals surface area contributed by atoms with Gasteiger partial charge in [0.25, 0.3) is 0 Å². The highest BCUT2D eigenvalue weighted by atomic mass is 32.2. The number of benzene rings is 1. The Hall–Kier alpha value is -1.23. The van der Waals surface area contributed by atoms with Gasteiger partial charge in [-0.25, -0.2) is 4.39 Å². The van der Waals surface area contributed by atoms with E-state index in [-0.39, 0.29) is 11.2 Å². The molecule has 112 valence electrons. The first kappa shape index (κ1) is 16.8. The van der Waals surface area contributed by atoms with Crippen LogP contribution >= 0.6 is 11.8 Å². The number of hydrogen-bond donors (Lipinski definition) is 2. The van der Waals surface area contributed by atoms with Crippen molar-refractivity contribution in [3.05, 3.63) is 35.6 Å². The summed E-state index contributed by atoms with van der Waals surface area (Å²) in [6, 6.07) is 6.67. The van der Waals surface area contributed by atoms with Gasteiger partial charge in [-0.2, -0.15) is 11.8 Å². The molecule has 1 rings (SSSR count). The number of guanidine groups is 1.